The SMILES string of the molecule is C[Si](C)(C1=[C-]CC=C1)N1CCCC1.C[Si](C)(C1=[C-]CC=C1)N1CCCC1.F.F.[Zr+2]. The minimum atomic E-state index is -1.29. The van der Waals surface area contributed by atoms with Crippen molar-refractivity contribution >= 4 is 16.5 Å². The molecule has 162 valence electrons. The second-order valence-electron chi connectivity index (χ2n) is 8.90. The van der Waals surface area contributed by atoms with Gasteiger partial charge in [-0.1, -0.05) is 26.2 Å². The smallest absolute Gasteiger partial charge is 0.322 e. The third-order valence-electron chi connectivity index (χ3n) is 6.50. The first kappa shape index (κ1) is 29.1. The van der Waals surface area contributed by atoms with E-state index in [-0.39, 0.29) is 35.6 Å². The van der Waals surface area contributed by atoms with Gasteiger partial charge in [-0.05, 0) is 51.9 Å². The van der Waals surface area contributed by atoms with Gasteiger partial charge in [0.15, 0.2) is 0 Å². The molecule has 0 radical (unpaired) electrons. The maximum absolute atomic E-state index is 3.50. The number of hydrogen-bond donors (Lipinski definition) is 0. The van der Waals surface area contributed by atoms with Crippen molar-refractivity contribution in [2.75, 3.05) is 26.2 Å². The third-order valence-corrected chi connectivity index (χ3v) is 13.9. The number of nitrogens with zero attached hydrogens (tertiary/aromatic N) is 2. The maximum atomic E-state index is 3.50. The molecule has 2 fully saturated rings. The van der Waals surface area contributed by atoms with Gasteiger partial charge in [0.1, 0.15) is 16.5 Å². The molecule has 2 aliphatic heterocycles. The Kier molecular flexibility index (Phi) is 12.8. The molecule has 0 aromatic carbocycles. The molecular weight excluding hydrogens is 478 g/mol. The minimum absolute atomic E-state index is 0. The van der Waals surface area contributed by atoms with Gasteiger partial charge in [0.25, 0.3) is 0 Å². The molecule has 2 saturated heterocycles. The largest absolute Gasteiger partial charge is 2.00 e. The summed E-state index contributed by atoms with van der Waals surface area (Å²) in [5, 5.41) is 3.05. The Balaban J connectivity index is 0.000000490. The molecule has 4 aliphatic rings. The summed E-state index contributed by atoms with van der Waals surface area (Å²) in [7, 11) is -2.57. The van der Waals surface area contributed by atoms with E-state index in [0.29, 0.717) is 0 Å². The summed E-state index contributed by atoms with van der Waals surface area (Å²) >= 11 is 0. The van der Waals surface area contributed by atoms with E-state index < -0.39 is 16.5 Å². The Morgan fingerprint density at radius 3 is 1.21 bits per heavy atom. The van der Waals surface area contributed by atoms with Crippen LogP contribution in [0.15, 0.2) is 34.7 Å². The second kappa shape index (κ2) is 12.8. The summed E-state index contributed by atoms with van der Waals surface area (Å²) in [6, 6.07) is 0. The van der Waals surface area contributed by atoms with Crippen LogP contribution in [-0.4, -0.2) is 51.8 Å². The minimum Gasteiger partial charge on any atom is -0.322 e. The Hall–Kier alpha value is 0.0569. The fourth-order valence-electron chi connectivity index (χ4n) is 4.54. The average molecular weight is 516 g/mol. The molecule has 0 aromatic rings. The van der Waals surface area contributed by atoms with Crippen molar-refractivity contribution in [1.29, 1.82) is 0 Å². The quantitative estimate of drug-likeness (QED) is 0.369. The van der Waals surface area contributed by atoms with Crippen LogP contribution in [0.1, 0.15) is 38.5 Å². The molecule has 0 atom stereocenters. The van der Waals surface area contributed by atoms with Crippen molar-refractivity contribution < 1.29 is 35.6 Å². The van der Waals surface area contributed by atoms with E-state index in [4.69, 9.17) is 0 Å². The maximum Gasteiger partial charge on any atom is 2.00 e. The fourth-order valence-corrected chi connectivity index (χ4v) is 10.2. The van der Waals surface area contributed by atoms with Crippen LogP contribution in [0.4, 0.5) is 9.41 Å². The van der Waals surface area contributed by atoms with E-state index in [1.54, 1.807) is 0 Å². The van der Waals surface area contributed by atoms with Crippen LogP contribution in [0.25, 0.3) is 0 Å². The van der Waals surface area contributed by atoms with Gasteiger partial charge in [-0.25, -0.2) is 22.5 Å². The summed E-state index contributed by atoms with van der Waals surface area (Å²) < 4.78 is 5.43. The molecule has 0 saturated carbocycles. The van der Waals surface area contributed by atoms with Gasteiger partial charge in [0.2, 0.25) is 0 Å². The first-order chi connectivity index (χ1) is 12.4. The molecule has 7 heteroatoms. The van der Waals surface area contributed by atoms with Crippen LogP contribution in [0.3, 0.4) is 0 Å². The van der Waals surface area contributed by atoms with Crippen molar-refractivity contribution in [3.05, 3.63) is 46.8 Å². The van der Waals surface area contributed by atoms with E-state index in [0.717, 1.165) is 12.8 Å². The summed E-state index contributed by atoms with van der Waals surface area (Å²) in [5.74, 6) is 0. The van der Waals surface area contributed by atoms with Gasteiger partial charge >= 0.3 is 26.2 Å². The molecule has 0 N–H and O–H groups in total. The predicted octanol–water partition coefficient (Wildman–Crippen LogP) is 5.33. The zero-order valence-corrected chi connectivity index (χ0v) is 23.0. The monoisotopic (exact) mass is 514 g/mol. The van der Waals surface area contributed by atoms with Crippen LogP contribution >= 0.6 is 0 Å². The van der Waals surface area contributed by atoms with Gasteiger partial charge < -0.3 is 9.13 Å². The van der Waals surface area contributed by atoms with Crippen molar-refractivity contribution in [1.82, 2.24) is 9.13 Å². The number of hydrogen-bond acceptors (Lipinski definition) is 2. The van der Waals surface area contributed by atoms with Crippen LogP contribution < -0.4 is 0 Å². The van der Waals surface area contributed by atoms with Gasteiger partial charge in [-0.3, -0.25) is 21.6 Å². The van der Waals surface area contributed by atoms with Crippen molar-refractivity contribution in [2.45, 2.75) is 64.7 Å². The molecule has 0 spiro atoms. The average Bonchev–Trinajstić information content (AvgIpc) is 3.47. The van der Waals surface area contributed by atoms with E-state index in [9.17, 15) is 0 Å². The van der Waals surface area contributed by atoms with Gasteiger partial charge in [-0.2, -0.15) is 12.2 Å². The number of rotatable bonds is 4. The van der Waals surface area contributed by atoms with Crippen molar-refractivity contribution in [3.8, 4) is 0 Å². The summed E-state index contributed by atoms with van der Waals surface area (Å²) in [5.41, 5.74) is 0. The number of allylic oxidation sites excluding steroid dienone is 8. The molecular formula is C22H38F2N2Si2Zr. The molecule has 0 amide bonds. The zero-order valence-electron chi connectivity index (χ0n) is 18.6. The van der Waals surface area contributed by atoms with E-state index in [1.807, 2.05) is 0 Å². The third kappa shape index (κ3) is 7.03. The topological polar surface area (TPSA) is 6.48 Å². The molecule has 2 aliphatic carbocycles. The van der Waals surface area contributed by atoms with Gasteiger partial charge in [0.05, 0.1) is 0 Å². The van der Waals surface area contributed by atoms with E-state index in [1.165, 1.54) is 62.3 Å². The van der Waals surface area contributed by atoms with Crippen LogP contribution in [-0.2, 0) is 26.2 Å². The molecule has 2 nitrogen and oxygen atoms in total. The zero-order chi connectivity index (χ0) is 18.6. The van der Waals surface area contributed by atoms with Gasteiger partial charge in [-0.15, -0.1) is 12.8 Å². The van der Waals surface area contributed by atoms with Crippen LogP contribution in [0, 0.1) is 12.2 Å². The predicted molar refractivity (Wildman–Crippen MR) is 123 cm³/mol. The Labute approximate surface area is 198 Å². The summed E-state index contributed by atoms with van der Waals surface area (Å²) in [4.78, 5) is 0. The standard InChI is InChI=1S/2C11H18NSi.2FH.Zr/c2*1-13(2,11-7-3-4-8-11)12-9-5-6-10-12;;;/h2*3,7H,4-6,9-10H2,1-2H3;2*1H;/q2*-1;;;+2. The van der Waals surface area contributed by atoms with Crippen molar-refractivity contribution in [3.63, 3.8) is 0 Å². The van der Waals surface area contributed by atoms with Crippen LogP contribution in [0.5, 0.6) is 0 Å². The Morgan fingerprint density at radius 1 is 0.655 bits per heavy atom. The first-order valence-electron chi connectivity index (χ1n) is 10.5. The first-order valence-corrected chi connectivity index (χ1v) is 16.4. The molecule has 0 unspecified atom stereocenters. The summed E-state index contributed by atoms with van der Waals surface area (Å²) in [6.45, 7) is 15.1. The molecule has 0 aromatic heterocycles. The molecule has 29 heavy (non-hydrogen) atoms. The fraction of sp³-hybridized carbons (Fsp3) is 0.636. The molecule has 2 heterocycles. The van der Waals surface area contributed by atoms with Gasteiger partial charge in [0, 0.05) is 0 Å². The van der Waals surface area contributed by atoms with E-state index in [2.05, 4.69) is 71.8 Å². The molecule has 0 bridgehead atoms. The summed E-state index contributed by atoms with van der Waals surface area (Å²) in [6.07, 6.45) is 23.7. The Morgan fingerprint density at radius 2 is 0.966 bits per heavy atom. The Bertz CT molecular complexity index is 564. The van der Waals surface area contributed by atoms with Crippen molar-refractivity contribution in [2.24, 2.45) is 0 Å². The second-order valence-corrected chi connectivity index (χ2v) is 17.5. The van der Waals surface area contributed by atoms with E-state index >= 15 is 0 Å². The van der Waals surface area contributed by atoms with Crippen LogP contribution in [0.2, 0.25) is 26.2 Å². The normalized spacial score (nSPS) is 21.5. The molecule has 4 rings (SSSR count). The number of halogens is 2.